The second kappa shape index (κ2) is 15.9. The Kier molecular flexibility index (Phi) is 10.7. The van der Waals surface area contributed by atoms with Crippen molar-refractivity contribution in [1.29, 1.82) is 0 Å². The van der Waals surface area contributed by atoms with Gasteiger partial charge < -0.3 is 13.7 Å². The highest BCUT2D eigenvalue weighted by molar-refractivity contribution is 7.13. The average molecular weight is 724 g/mol. The molecule has 8 rings (SSSR count). The molecule has 5 heteroatoms. The highest BCUT2D eigenvalue weighted by Gasteiger charge is 2.27. The first kappa shape index (κ1) is 35.0. The standard InChI is InChI=1S/C47H53N3S2/c1-4-6-8-10-12-14-28-48-40-26-22-35(42-18-16-30-51-42)32-38(40)44-46(48)47-45(50(44)37-24-20-34(3)21-25-37)39-33-36(43-19-17-31-52-43)23-27-41(39)49(47)29-15-13-11-9-7-5-2/h16-27,30-33H,4-15,28-29H2,1-3H3. The van der Waals surface area contributed by atoms with E-state index >= 15 is 0 Å². The zero-order chi connectivity index (χ0) is 35.4. The Bertz CT molecular complexity index is 2230. The van der Waals surface area contributed by atoms with Crippen LogP contribution in [0.3, 0.4) is 0 Å². The number of thiophene rings is 2. The Morgan fingerprint density at radius 1 is 0.481 bits per heavy atom. The van der Waals surface area contributed by atoms with Gasteiger partial charge in [0.05, 0.1) is 33.1 Å². The van der Waals surface area contributed by atoms with Crippen LogP contribution >= 0.6 is 22.7 Å². The Labute approximate surface area is 317 Å². The van der Waals surface area contributed by atoms with Crippen molar-refractivity contribution in [3.63, 3.8) is 0 Å². The summed E-state index contributed by atoms with van der Waals surface area (Å²) >= 11 is 3.67. The molecule has 0 aliphatic carbocycles. The van der Waals surface area contributed by atoms with Crippen LogP contribution in [0, 0.1) is 6.92 Å². The molecule has 0 aliphatic heterocycles. The van der Waals surface area contributed by atoms with Crippen LogP contribution in [0.15, 0.2) is 95.7 Å². The molecule has 0 bridgehead atoms. The Balaban J connectivity index is 1.42. The van der Waals surface area contributed by atoms with Crippen molar-refractivity contribution in [3.8, 4) is 26.6 Å². The maximum atomic E-state index is 2.71. The molecule has 0 atom stereocenters. The van der Waals surface area contributed by atoms with E-state index < -0.39 is 0 Å². The van der Waals surface area contributed by atoms with Gasteiger partial charge in [0.1, 0.15) is 0 Å². The maximum Gasteiger partial charge on any atom is 0.0926 e. The van der Waals surface area contributed by atoms with E-state index in [2.05, 4.69) is 130 Å². The molecule has 3 nitrogen and oxygen atoms in total. The lowest BCUT2D eigenvalue weighted by atomic mass is 10.1. The highest BCUT2D eigenvalue weighted by atomic mass is 32.1. The van der Waals surface area contributed by atoms with Gasteiger partial charge in [0, 0.05) is 39.3 Å². The molecule has 0 saturated heterocycles. The SMILES string of the molecule is CCCCCCCCn1c2ccc(-c3cccs3)cc2c2c1c1c(c3cc(-c4cccs4)ccc3n1CCCCCCCC)n2-c1ccc(C)cc1. The van der Waals surface area contributed by atoms with Gasteiger partial charge in [-0.3, -0.25) is 0 Å². The topological polar surface area (TPSA) is 14.8 Å². The molecule has 0 N–H and O–H groups in total. The molecular weight excluding hydrogens is 671 g/mol. The zero-order valence-corrected chi connectivity index (χ0v) is 32.9. The van der Waals surface area contributed by atoms with Crippen LogP contribution in [0.5, 0.6) is 0 Å². The molecule has 5 aromatic heterocycles. The lowest BCUT2D eigenvalue weighted by Crippen LogP contribution is -2.02. The van der Waals surface area contributed by atoms with E-state index in [1.54, 1.807) is 0 Å². The summed E-state index contributed by atoms with van der Waals surface area (Å²) < 4.78 is 8.07. The number of hydrogen-bond acceptors (Lipinski definition) is 2. The zero-order valence-electron chi connectivity index (χ0n) is 31.3. The molecule has 268 valence electrons. The first-order valence-electron chi connectivity index (χ1n) is 19.9. The van der Waals surface area contributed by atoms with Crippen molar-refractivity contribution in [2.45, 2.75) is 111 Å². The van der Waals surface area contributed by atoms with E-state index in [0.29, 0.717) is 0 Å². The monoisotopic (exact) mass is 723 g/mol. The third kappa shape index (κ3) is 6.67. The van der Waals surface area contributed by atoms with Gasteiger partial charge in [-0.1, -0.05) is 120 Å². The number of aromatic nitrogens is 3. The van der Waals surface area contributed by atoms with E-state index in [-0.39, 0.29) is 0 Å². The van der Waals surface area contributed by atoms with Gasteiger partial charge >= 0.3 is 0 Å². The summed E-state index contributed by atoms with van der Waals surface area (Å²) in [6.07, 6.45) is 15.6. The fraction of sp³-hybridized carbons (Fsp3) is 0.362. The molecule has 8 aromatic rings. The number of rotatable bonds is 17. The van der Waals surface area contributed by atoms with Crippen molar-refractivity contribution in [2.75, 3.05) is 0 Å². The average Bonchev–Trinajstić information content (AvgIpc) is 4.01. The fourth-order valence-corrected chi connectivity index (χ4v) is 9.88. The maximum absolute atomic E-state index is 2.71. The van der Waals surface area contributed by atoms with Crippen LogP contribution in [0.4, 0.5) is 0 Å². The van der Waals surface area contributed by atoms with Crippen molar-refractivity contribution in [3.05, 3.63) is 101 Å². The van der Waals surface area contributed by atoms with E-state index in [0.717, 1.165) is 13.1 Å². The van der Waals surface area contributed by atoms with Gasteiger partial charge in [-0.15, -0.1) is 22.7 Å². The Hall–Kier alpha value is -4.06. The third-order valence-corrected chi connectivity index (χ3v) is 13.0. The first-order valence-corrected chi connectivity index (χ1v) is 21.7. The van der Waals surface area contributed by atoms with E-state index in [1.807, 2.05) is 22.7 Å². The van der Waals surface area contributed by atoms with Crippen LogP contribution in [0.1, 0.15) is 96.5 Å². The van der Waals surface area contributed by atoms with Crippen LogP contribution in [-0.4, -0.2) is 13.7 Å². The van der Waals surface area contributed by atoms with Crippen molar-refractivity contribution in [2.24, 2.45) is 0 Å². The Morgan fingerprint density at radius 3 is 1.38 bits per heavy atom. The van der Waals surface area contributed by atoms with Gasteiger partial charge in [0.15, 0.2) is 0 Å². The largest absolute Gasteiger partial charge is 0.337 e. The minimum absolute atomic E-state index is 1.04. The lowest BCUT2D eigenvalue weighted by Gasteiger charge is -2.11. The molecule has 5 heterocycles. The van der Waals surface area contributed by atoms with E-state index in [1.165, 1.54) is 153 Å². The van der Waals surface area contributed by atoms with Crippen LogP contribution in [0.25, 0.3) is 70.4 Å². The third-order valence-electron chi connectivity index (χ3n) is 11.1. The smallest absolute Gasteiger partial charge is 0.0926 e. The molecule has 52 heavy (non-hydrogen) atoms. The summed E-state index contributed by atoms with van der Waals surface area (Å²) in [6.45, 7) is 8.90. The van der Waals surface area contributed by atoms with Gasteiger partial charge in [-0.05, 0) is 90.2 Å². The number of fused-ring (bicyclic) bond motifs is 7. The summed E-state index contributed by atoms with van der Waals surface area (Å²) in [5.41, 5.74) is 13.4. The molecule has 0 spiro atoms. The number of hydrogen-bond donors (Lipinski definition) is 0. The number of aryl methyl sites for hydroxylation is 3. The van der Waals surface area contributed by atoms with E-state index in [4.69, 9.17) is 0 Å². The summed E-state index contributed by atoms with van der Waals surface area (Å²) in [4.78, 5) is 2.66. The number of unbranched alkanes of at least 4 members (excludes halogenated alkanes) is 10. The first-order chi connectivity index (χ1) is 25.7. The van der Waals surface area contributed by atoms with Crippen LogP contribution in [-0.2, 0) is 13.1 Å². The lowest BCUT2D eigenvalue weighted by molar-refractivity contribution is 0.567. The van der Waals surface area contributed by atoms with Crippen molar-refractivity contribution in [1.82, 2.24) is 13.7 Å². The predicted octanol–water partition coefficient (Wildman–Crippen LogP) is 15.2. The quantitative estimate of drug-likeness (QED) is 0.0831. The normalized spacial score (nSPS) is 12.1. The highest BCUT2D eigenvalue weighted by Crippen LogP contribution is 2.45. The molecule has 0 saturated carbocycles. The molecule has 0 amide bonds. The van der Waals surface area contributed by atoms with E-state index in [9.17, 15) is 0 Å². The minimum Gasteiger partial charge on any atom is -0.337 e. The second-order valence-electron chi connectivity index (χ2n) is 14.8. The van der Waals surface area contributed by atoms with Crippen LogP contribution < -0.4 is 0 Å². The molecule has 0 fully saturated rings. The van der Waals surface area contributed by atoms with Gasteiger partial charge in [-0.2, -0.15) is 0 Å². The van der Waals surface area contributed by atoms with Gasteiger partial charge in [-0.25, -0.2) is 0 Å². The molecular formula is C47H53N3S2. The molecule has 3 aromatic carbocycles. The van der Waals surface area contributed by atoms with Crippen molar-refractivity contribution >= 4 is 66.5 Å². The Morgan fingerprint density at radius 2 is 0.942 bits per heavy atom. The summed E-state index contributed by atoms with van der Waals surface area (Å²) in [5.74, 6) is 0. The second-order valence-corrected chi connectivity index (χ2v) is 16.7. The van der Waals surface area contributed by atoms with Gasteiger partial charge in [0.2, 0.25) is 0 Å². The fourth-order valence-electron chi connectivity index (χ4n) is 8.43. The van der Waals surface area contributed by atoms with Gasteiger partial charge in [0.25, 0.3) is 0 Å². The summed E-state index contributed by atoms with van der Waals surface area (Å²) in [6, 6.07) is 32.7. The van der Waals surface area contributed by atoms with Crippen molar-refractivity contribution < 1.29 is 0 Å². The predicted molar refractivity (Wildman–Crippen MR) is 230 cm³/mol. The summed E-state index contributed by atoms with van der Waals surface area (Å²) in [7, 11) is 0. The summed E-state index contributed by atoms with van der Waals surface area (Å²) in [5, 5.41) is 7.12. The molecule has 0 unspecified atom stereocenters. The number of nitrogens with zero attached hydrogens (tertiary/aromatic N) is 3. The molecule has 0 radical (unpaired) electrons. The minimum atomic E-state index is 1.04. The molecule has 0 aliphatic rings. The van der Waals surface area contributed by atoms with Crippen LogP contribution in [0.2, 0.25) is 0 Å². The number of benzene rings is 3.